The maximum absolute atomic E-state index is 10.3. The fourth-order valence-electron chi connectivity index (χ4n) is 0.347. The Bertz CT molecular complexity index is 65.4. The van der Waals surface area contributed by atoms with Gasteiger partial charge in [0.05, 0.1) is 6.61 Å². The number of hydrogen-bond donors (Lipinski definition) is 1. The highest BCUT2D eigenvalue weighted by molar-refractivity contribution is 4.72. The monoisotopic (exact) mass is 116 g/mol. The van der Waals surface area contributed by atoms with Crippen LogP contribution in [-0.2, 0) is 0 Å². The first-order valence-electron chi connectivity index (χ1n) is 2.45. The number of rotatable bonds is 4. The second-order valence-corrected chi connectivity index (χ2v) is 1.40. The predicted octanol–water partition coefficient (Wildman–Crippen LogP) is -0.0355. The van der Waals surface area contributed by atoms with E-state index in [4.69, 9.17) is 5.11 Å². The predicted molar refractivity (Wildman–Crippen MR) is 32.2 cm³/mol. The summed E-state index contributed by atoms with van der Waals surface area (Å²) in [6.07, 6.45) is 1.50. The topological polar surface area (TPSA) is 46.5 Å². The van der Waals surface area contributed by atoms with Crippen LogP contribution >= 0.6 is 0 Å². The zero-order chi connectivity index (χ0) is 6.41. The van der Waals surface area contributed by atoms with Gasteiger partial charge in [0.2, 0.25) is 0 Å². The van der Waals surface area contributed by atoms with Crippen molar-refractivity contribution in [2.75, 3.05) is 19.7 Å². The van der Waals surface area contributed by atoms with E-state index in [-0.39, 0.29) is 13.2 Å². The van der Waals surface area contributed by atoms with E-state index in [0.29, 0.717) is 6.54 Å². The molecule has 48 valence electrons. The third-order valence-electron chi connectivity index (χ3n) is 0.682. The first kappa shape index (κ1) is 7.62. The molecule has 3 heteroatoms. The second kappa shape index (κ2) is 4.77. The molecule has 0 aromatic carbocycles. The molecule has 0 radical (unpaired) electrons. The Morgan fingerprint density at radius 3 is 2.75 bits per heavy atom. The van der Waals surface area contributed by atoms with Gasteiger partial charge in [-0.1, -0.05) is 6.08 Å². The van der Waals surface area contributed by atoms with Crippen molar-refractivity contribution >= 4 is 0 Å². The normalized spacial score (nSPS) is 9.88. The molecule has 0 aliphatic carbocycles. The highest BCUT2D eigenvalue weighted by Crippen LogP contribution is 1.80. The van der Waals surface area contributed by atoms with E-state index < -0.39 is 0 Å². The molecular formula is C5H10NO2-. The minimum Gasteiger partial charge on any atom is -0.785 e. The lowest BCUT2D eigenvalue weighted by Crippen LogP contribution is -2.19. The molecule has 0 unspecified atom stereocenters. The van der Waals surface area contributed by atoms with E-state index >= 15 is 0 Å². The van der Waals surface area contributed by atoms with Gasteiger partial charge in [-0.25, -0.2) is 0 Å². The van der Waals surface area contributed by atoms with Crippen molar-refractivity contribution in [3.63, 3.8) is 0 Å². The van der Waals surface area contributed by atoms with Gasteiger partial charge in [0.1, 0.15) is 0 Å². The Morgan fingerprint density at radius 1 is 1.75 bits per heavy atom. The maximum atomic E-state index is 10.3. The van der Waals surface area contributed by atoms with E-state index in [2.05, 4.69) is 6.58 Å². The van der Waals surface area contributed by atoms with E-state index in [1.165, 1.54) is 6.08 Å². The minimum absolute atomic E-state index is 0.0860. The summed E-state index contributed by atoms with van der Waals surface area (Å²) in [6.45, 7) is 3.74. The van der Waals surface area contributed by atoms with Crippen molar-refractivity contribution in [1.29, 1.82) is 0 Å². The number of hydroxylamine groups is 2. The molecule has 0 saturated heterocycles. The first-order chi connectivity index (χ1) is 3.81. The smallest absolute Gasteiger partial charge is 0.0549 e. The summed E-state index contributed by atoms with van der Waals surface area (Å²) in [5, 5.41) is 19.3. The average molecular weight is 116 g/mol. The summed E-state index contributed by atoms with van der Waals surface area (Å²) in [5.41, 5.74) is 0. The largest absolute Gasteiger partial charge is 0.785 e. The maximum Gasteiger partial charge on any atom is 0.0549 e. The standard InChI is InChI=1S/C5H10NO2/c1-2-3-6(8)4-5-7/h2,7H,1,3-5H2/q-1. The van der Waals surface area contributed by atoms with Gasteiger partial charge in [0.25, 0.3) is 0 Å². The molecule has 0 aliphatic rings. The summed E-state index contributed by atoms with van der Waals surface area (Å²) >= 11 is 0. The molecule has 0 heterocycles. The molecule has 0 aliphatic heterocycles. The minimum atomic E-state index is -0.0860. The number of aliphatic hydroxyl groups excluding tert-OH is 1. The molecule has 0 aromatic rings. The Hall–Kier alpha value is -0.380. The Balaban J connectivity index is 3.03. The van der Waals surface area contributed by atoms with Gasteiger partial charge >= 0.3 is 0 Å². The molecule has 0 amide bonds. The van der Waals surface area contributed by atoms with Crippen LogP contribution in [0.15, 0.2) is 12.7 Å². The van der Waals surface area contributed by atoms with Crippen molar-refractivity contribution in [3.8, 4) is 0 Å². The van der Waals surface area contributed by atoms with Gasteiger partial charge in [-0.3, -0.25) is 0 Å². The number of hydrogen-bond acceptors (Lipinski definition) is 3. The summed E-state index contributed by atoms with van der Waals surface area (Å²) in [7, 11) is 0. The molecule has 0 saturated carbocycles. The summed E-state index contributed by atoms with van der Waals surface area (Å²) < 4.78 is 0. The molecule has 0 spiro atoms. The van der Waals surface area contributed by atoms with Gasteiger partial charge in [-0.2, -0.15) is 0 Å². The molecule has 0 fully saturated rings. The fraction of sp³-hybridized carbons (Fsp3) is 0.600. The van der Waals surface area contributed by atoms with Crippen molar-refractivity contribution in [2.24, 2.45) is 0 Å². The van der Waals surface area contributed by atoms with Crippen LogP contribution in [0.2, 0.25) is 0 Å². The van der Waals surface area contributed by atoms with Crippen LogP contribution in [0.3, 0.4) is 0 Å². The van der Waals surface area contributed by atoms with E-state index in [1.54, 1.807) is 0 Å². The van der Waals surface area contributed by atoms with Crippen LogP contribution in [0.5, 0.6) is 0 Å². The van der Waals surface area contributed by atoms with Crippen LogP contribution in [-0.4, -0.2) is 29.9 Å². The number of nitrogens with zero attached hydrogens (tertiary/aromatic N) is 1. The molecule has 0 rings (SSSR count). The van der Waals surface area contributed by atoms with Crippen molar-refractivity contribution in [1.82, 2.24) is 5.06 Å². The van der Waals surface area contributed by atoms with Crippen LogP contribution in [0.4, 0.5) is 0 Å². The zero-order valence-electron chi connectivity index (χ0n) is 4.71. The van der Waals surface area contributed by atoms with Crippen LogP contribution in [0.1, 0.15) is 0 Å². The van der Waals surface area contributed by atoms with E-state index in [9.17, 15) is 5.21 Å². The fourth-order valence-corrected chi connectivity index (χ4v) is 0.347. The van der Waals surface area contributed by atoms with Crippen LogP contribution < -0.4 is 0 Å². The lowest BCUT2D eigenvalue weighted by Gasteiger charge is -2.24. The van der Waals surface area contributed by atoms with Gasteiger partial charge in [0.15, 0.2) is 0 Å². The molecule has 0 atom stereocenters. The molecule has 0 aromatic heterocycles. The molecule has 0 bridgehead atoms. The lowest BCUT2D eigenvalue weighted by molar-refractivity contribution is 0.246. The summed E-state index contributed by atoms with van der Waals surface area (Å²) in [6, 6.07) is 0. The zero-order valence-corrected chi connectivity index (χ0v) is 4.71. The molecular weight excluding hydrogens is 106 g/mol. The Labute approximate surface area is 48.8 Å². The number of aliphatic hydroxyl groups is 1. The van der Waals surface area contributed by atoms with Crippen LogP contribution in [0, 0.1) is 5.21 Å². The molecule has 1 N–H and O–H groups in total. The SMILES string of the molecule is C=CCN([O-])CCO. The quantitative estimate of drug-likeness (QED) is 0.414. The third kappa shape index (κ3) is 3.80. The van der Waals surface area contributed by atoms with E-state index in [1.807, 2.05) is 0 Å². The average Bonchev–Trinajstić information content (AvgIpc) is 1.68. The Morgan fingerprint density at radius 2 is 2.38 bits per heavy atom. The van der Waals surface area contributed by atoms with Gasteiger partial charge in [-0.05, 0) is 0 Å². The van der Waals surface area contributed by atoms with Gasteiger partial charge < -0.3 is 15.4 Å². The highest BCUT2D eigenvalue weighted by Gasteiger charge is 1.81. The third-order valence-corrected chi connectivity index (χ3v) is 0.682. The highest BCUT2D eigenvalue weighted by atomic mass is 16.5. The van der Waals surface area contributed by atoms with E-state index in [0.717, 1.165) is 5.06 Å². The van der Waals surface area contributed by atoms with Gasteiger partial charge in [0, 0.05) is 13.1 Å². The van der Waals surface area contributed by atoms with Crippen molar-refractivity contribution in [3.05, 3.63) is 17.9 Å². The van der Waals surface area contributed by atoms with Gasteiger partial charge in [-0.15, -0.1) is 6.58 Å². The molecule has 8 heavy (non-hydrogen) atoms. The summed E-state index contributed by atoms with van der Waals surface area (Å²) in [4.78, 5) is 0. The van der Waals surface area contributed by atoms with Crippen LogP contribution in [0.25, 0.3) is 0 Å². The van der Waals surface area contributed by atoms with Crippen molar-refractivity contribution in [2.45, 2.75) is 0 Å². The lowest BCUT2D eigenvalue weighted by atomic mass is 10.6. The summed E-state index contributed by atoms with van der Waals surface area (Å²) in [5.74, 6) is 0. The molecule has 3 nitrogen and oxygen atoms in total. The van der Waals surface area contributed by atoms with Crippen molar-refractivity contribution < 1.29 is 5.11 Å². The first-order valence-corrected chi connectivity index (χ1v) is 2.45. The second-order valence-electron chi connectivity index (χ2n) is 1.40. The Kier molecular flexibility index (Phi) is 4.54.